The number of nitrogens with zero attached hydrogens (tertiary/aromatic N) is 3. The Kier molecular flexibility index (Phi) is 11.7. The minimum Gasteiger partial charge on any atom is -0.341 e. The van der Waals surface area contributed by atoms with Gasteiger partial charge in [0.15, 0.2) is 0 Å². The molecule has 0 spiro atoms. The number of fused-ring (bicyclic) bond motifs is 3. The van der Waals surface area contributed by atoms with Gasteiger partial charge < -0.3 is 14.5 Å². The summed E-state index contributed by atoms with van der Waals surface area (Å²) < 4.78 is 2.38. The van der Waals surface area contributed by atoms with Crippen molar-refractivity contribution >= 4 is 35.1 Å². The minimum atomic E-state index is -1.42. The summed E-state index contributed by atoms with van der Waals surface area (Å²) in [5, 5.41) is 4.09. The molecule has 5 heteroatoms. The maximum Gasteiger partial charge on any atom is 0.0799 e. The maximum atomic E-state index is 4.74. The molecular weight excluding hydrogens is 815 g/mol. The largest absolute Gasteiger partial charge is 0.341 e. The van der Waals surface area contributed by atoms with E-state index in [1.54, 1.807) is 0 Å². The molecule has 0 amide bonds. The van der Waals surface area contributed by atoms with Crippen molar-refractivity contribution in [2.45, 2.75) is 73.6 Å². The molecule has 1 atom stereocenters. The second kappa shape index (κ2) is 15.6. The van der Waals surface area contributed by atoms with Crippen LogP contribution in [0.4, 0.5) is 0 Å². The molecule has 263 valence electrons. The van der Waals surface area contributed by atoms with Gasteiger partial charge in [0.1, 0.15) is 0 Å². The van der Waals surface area contributed by atoms with E-state index in [-0.39, 0.29) is 25.5 Å². The van der Waals surface area contributed by atoms with Crippen molar-refractivity contribution in [3.8, 4) is 33.6 Å². The second-order valence-electron chi connectivity index (χ2n) is 15.4. The molecule has 3 nitrogen and oxygen atoms in total. The first-order valence-corrected chi connectivity index (χ1v) is 21.3. The van der Waals surface area contributed by atoms with Gasteiger partial charge in [0.05, 0.1) is 8.07 Å². The van der Waals surface area contributed by atoms with Crippen molar-refractivity contribution in [3.05, 3.63) is 139 Å². The summed E-state index contributed by atoms with van der Waals surface area (Å²) in [5.74, 6) is 0.500. The quantitative estimate of drug-likeness (QED) is 0.123. The van der Waals surface area contributed by atoms with Gasteiger partial charge in [-0.2, -0.15) is 0 Å². The molecule has 0 N–H and O–H groups in total. The number of para-hydroxylation sites is 1. The molecule has 1 unspecified atom stereocenters. The van der Waals surface area contributed by atoms with Gasteiger partial charge in [0, 0.05) is 66.4 Å². The van der Waals surface area contributed by atoms with E-state index in [0.717, 1.165) is 29.1 Å². The Balaban J connectivity index is 0.000000200. The summed E-state index contributed by atoms with van der Waals surface area (Å²) in [5.41, 5.74) is 12.0. The smallest absolute Gasteiger partial charge is 0.0799 e. The Bertz CT molecular complexity index is 2240. The average molecular weight is 864 g/mol. The number of rotatable bonds is 6. The van der Waals surface area contributed by atoms with Crippen molar-refractivity contribution in [1.29, 1.82) is 0 Å². The molecule has 3 aromatic heterocycles. The molecule has 51 heavy (non-hydrogen) atoms. The van der Waals surface area contributed by atoms with Gasteiger partial charge >= 0.3 is 0 Å². The summed E-state index contributed by atoms with van der Waals surface area (Å²) >= 11 is 0. The van der Waals surface area contributed by atoms with Gasteiger partial charge in [0.2, 0.25) is 0 Å². The van der Waals surface area contributed by atoms with Crippen LogP contribution in [-0.2, 0) is 26.7 Å². The van der Waals surface area contributed by atoms with Crippen molar-refractivity contribution in [2.75, 3.05) is 0 Å². The van der Waals surface area contributed by atoms with Crippen molar-refractivity contribution in [1.82, 2.24) is 14.5 Å². The van der Waals surface area contributed by atoms with E-state index in [2.05, 4.69) is 145 Å². The number of benzene rings is 4. The van der Waals surface area contributed by atoms with Crippen molar-refractivity contribution in [2.24, 2.45) is 5.41 Å². The molecule has 0 saturated carbocycles. The van der Waals surface area contributed by atoms with E-state index in [9.17, 15) is 0 Å². The van der Waals surface area contributed by atoms with Gasteiger partial charge in [-0.25, -0.2) is 0 Å². The monoisotopic (exact) mass is 864 g/mol. The third-order valence-electron chi connectivity index (χ3n) is 9.99. The van der Waals surface area contributed by atoms with E-state index in [1.165, 1.54) is 49.2 Å². The standard InChI is InChI=1S/C26H21N2.C20H28NSi.Ir/c1-3-28-25-12-8-7-11-21(25)22-16-20(13-14-26(22)28)23-17-27-24(15-18(23)2)19-9-5-4-6-10-19;1-15(20(2,3)4)17-13-18(16-11-9-8-10-12-16)21-14-19(17)22(5,6)7;/h4-9,11-17H,3H2,1-2H3;8-11,13-15H,1-7H3;/q2*-1;. The molecular formula is C46H49IrN3Si-2. The molecule has 7 aromatic rings. The molecule has 3 heterocycles. The number of aryl methyl sites for hydroxylation is 2. The minimum absolute atomic E-state index is 0. The van der Waals surface area contributed by atoms with E-state index in [1.807, 2.05) is 48.7 Å². The zero-order valence-corrected chi connectivity index (χ0v) is 34.8. The van der Waals surface area contributed by atoms with Crippen LogP contribution < -0.4 is 5.19 Å². The van der Waals surface area contributed by atoms with Crippen LogP contribution in [0.25, 0.3) is 55.4 Å². The third kappa shape index (κ3) is 8.17. The zero-order valence-electron chi connectivity index (χ0n) is 31.4. The molecule has 0 fully saturated rings. The Morgan fingerprint density at radius 1 is 0.725 bits per heavy atom. The number of aromatic nitrogens is 3. The van der Waals surface area contributed by atoms with E-state index in [4.69, 9.17) is 9.97 Å². The molecule has 0 aliphatic rings. The van der Waals surface area contributed by atoms with Crippen LogP contribution in [0.1, 0.15) is 51.7 Å². The summed E-state index contributed by atoms with van der Waals surface area (Å²) in [6.45, 7) is 21.8. The van der Waals surface area contributed by atoms with Crippen LogP contribution in [0.3, 0.4) is 0 Å². The fourth-order valence-electron chi connectivity index (χ4n) is 6.74. The zero-order chi connectivity index (χ0) is 35.6. The Morgan fingerprint density at radius 3 is 1.88 bits per heavy atom. The molecule has 0 saturated heterocycles. The second-order valence-corrected chi connectivity index (χ2v) is 20.5. The summed E-state index contributed by atoms with van der Waals surface area (Å²) in [6, 6.07) is 42.5. The van der Waals surface area contributed by atoms with Crippen LogP contribution in [0.5, 0.6) is 0 Å². The van der Waals surface area contributed by atoms with E-state index in [0.29, 0.717) is 5.92 Å². The van der Waals surface area contributed by atoms with Crippen LogP contribution in [0.15, 0.2) is 116 Å². The maximum absolute atomic E-state index is 4.74. The van der Waals surface area contributed by atoms with E-state index < -0.39 is 8.07 Å². The van der Waals surface area contributed by atoms with Crippen LogP contribution in [0, 0.1) is 24.5 Å². The first-order valence-electron chi connectivity index (χ1n) is 17.8. The SMILES string of the molecule is CC(c1cc(-c2[c-]cccc2)ncc1[Si](C)(C)C)C(C)(C)C.CCn1c2ccccc2c2cc(-c3cnc(-c4[c-]cccc4)cc3C)ccc21.[Ir]. The Hall–Kier alpha value is -4.15. The Morgan fingerprint density at radius 2 is 1.31 bits per heavy atom. The van der Waals surface area contributed by atoms with Gasteiger partial charge in [-0.05, 0) is 71.1 Å². The van der Waals surface area contributed by atoms with Gasteiger partial charge in [0.25, 0.3) is 0 Å². The van der Waals surface area contributed by atoms with E-state index >= 15 is 0 Å². The molecule has 0 aliphatic carbocycles. The topological polar surface area (TPSA) is 30.7 Å². The summed E-state index contributed by atoms with van der Waals surface area (Å²) in [7, 11) is -1.42. The molecule has 1 radical (unpaired) electrons. The predicted octanol–water partition coefficient (Wildman–Crippen LogP) is 11.9. The number of hydrogen-bond donors (Lipinski definition) is 0. The van der Waals surface area contributed by atoms with Gasteiger partial charge in [-0.15, -0.1) is 71.8 Å². The van der Waals surface area contributed by atoms with Crippen molar-refractivity contribution < 1.29 is 20.1 Å². The Labute approximate surface area is 319 Å². The normalized spacial score (nSPS) is 12.3. The predicted molar refractivity (Wildman–Crippen MR) is 217 cm³/mol. The van der Waals surface area contributed by atoms with Gasteiger partial charge in [-0.1, -0.05) is 89.3 Å². The third-order valence-corrected chi connectivity index (χ3v) is 12.0. The number of pyridine rings is 2. The molecule has 7 rings (SSSR count). The fraction of sp³-hybridized carbons (Fsp3) is 0.261. The average Bonchev–Trinajstić information content (AvgIpc) is 3.44. The first kappa shape index (κ1) is 38.1. The van der Waals surface area contributed by atoms with Crippen molar-refractivity contribution in [3.63, 3.8) is 0 Å². The number of hydrogen-bond acceptors (Lipinski definition) is 2. The summed E-state index contributed by atoms with van der Waals surface area (Å²) in [6.07, 6.45) is 4.12. The summed E-state index contributed by atoms with van der Waals surface area (Å²) in [4.78, 5) is 9.46. The molecule has 4 aromatic carbocycles. The first-order chi connectivity index (χ1) is 23.9. The molecule has 0 bridgehead atoms. The van der Waals surface area contributed by atoms with Crippen LogP contribution >= 0.6 is 0 Å². The van der Waals surface area contributed by atoms with Crippen LogP contribution in [-0.4, -0.2) is 22.6 Å². The molecule has 0 aliphatic heterocycles. The van der Waals surface area contributed by atoms with Crippen LogP contribution in [0.2, 0.25) is 19.6 Å². The fourth-order valence-corrected chi connectivity index (χ4v) is 8.35. The van der Waals surface area contributed by atoms with Gasteiger partial charge in [-0.3, -0.25) is 0 Å².